The molecule has 0 spiro atoms. The molecule has 1 aromatic heterocycles. The second-order valence-electron chi connectivity index (χ2n) is 4.83. The Hall–Kier alpha value is -1.60. The Kier molecular flexibility index (Phi) is 5.79. The molecular weight excluding hydrogens is 318 g/mol. The van der Waals surface area contributed by atoms with Gasteiger partial charge in [0, 0.05) is 0 Å². The van der Waals surface area contributed by atoms with Crippen molar-refractivity contribution in [3.63, 3.8) is 0 Å². The number of amides is 1. The SMILES string of the molecule is CC[C@H](Oc1ccc(C)c(C)c1)C(=O)Nc1nnc(SC)s1. The van der Waals surface area contributed by atoms with E-state index in [1.54, 1.807) is 0 Å². The molecule has 1 aromatic carbocycles. The molecule has 0 aliphatic carbocycles. The summed E-state index contributed by atoms with van der Waals surface area (Å²) in [5.74, 6) is 0.497. The molecule has 22 heavy (non-hydrogen) atoms. The van der Waals surface area contributed by atoms with Gasteiger partial charge in [-0.2, -0.15) is 0 Å². The van der Waals surface area contributed by atoms with Gasteiger partial charge in [-0.15, -0.1) is 10.2 Å². The predicted molar refractivity (Wildman–Crippen MR) is 90.9 cm³/mol. The summed E-state index contributed by atoms with van der Waals surface area (Å²) in [6, 6.07) is 5.82. The average Bonchev–Trinajstić information content (AvgIpc) is 2.95. The van der Waals surface area contributed by atoms with Gasteiger partial charge in [-0.3, -0.25) is 10.1 Å². The van der Waals surface area contributed by atoms with Crippen LogP contribution in [0.25, 0.3) is 0 Å². The van der Waals surface area contributed by atoms with Crippen LogP contribution in [0.15, 0.2) is 22.5 Å². The number of aryl methyl sites for hydroxylation is 2. The number of anilines is 1. The van der Waals surface area contributed by atoms with Crippen LogP contribution < -0.4 is 10.1 Å². The fourth-order valence-corrected chi connectivity index (χ4v) is 2.98. The van der Waals surface area contributed by atoms with E-state index in [4.69, 9.17) is 4.74 Å². The summed E-state index contributed by atoms with van der Waals surface area (Å²) in [4.78, 5) is 12.3. The topological polar surface area (TPSA) is 64.1 Å². The zero-order valence-corrected chi connectivity index (χ0v) is 14.7. The molecule has 0 saturated heterocycles. The van der Waals surface area contributed by atoms with Gasteiger partial charge >= 0.3 is 0 Å². The van der Waals surface area contributed by atoms with Crippen LogP contribution in [0.3, 0.4) is 0 Å². The van der Waals surface area contributed by atoms with Gasteiger partial charge in [0.05, 0.1) is 0 Å². The van der Waals surface area contributed by atoms with Crippen molar-refractivity contribution in [1.82, 2.24) is 10.2 Å². The molecule has 1 amide bonds. The van der Waals surface area contributed by atoms with Crippen molar-refractivity contribution in [2.45, 2.75) is 37.6 Å². The van der Waals surface area contributed by atoms with E-state index < -0.39 is 6.10 Å². The normalized spacial score (nSPS) is 12.0. The average molecular weight is 337 g/mol. The maximum absolute atomic E-state index is 12.3. The van der Waals surface area contributed by atoms with E-state index in [1.807, 2.05) is 45.2 Å². The molecule has 0 aliphatic heterocycles. The Balaban J connectivity index is 2.03. The molecule has 0 saturated carbocycles. The lowest BCUT2D eigenvalue weighted by atomic mass is 10.1. The number of carbonyl (C=O) groups is 1. The fraction of sp³-hybridized carbons (Fsp3) is 0.400. The quantitative estimate of drug-likeness (QED) is 0.643. The first kappa shape index (κ1) is 16.8. The van der Waals surface area contributed by atoms with Gasteiger partial charge in [-0.1, -0.05) is 36.1 Å². The van der Waals surface area contributed by atoms with Crippen LogP contribution in [-0.4, -0.2) is 28.5 Å². The monoisotopic (exact) mass is 337 g/mol. The number of benzene rings is 1. The number of ether oxygens (including phenoxy) is 1. The lowest BCUT2D eigenvalue weighted by Crippen LogP contribution is -2.32. The molecule has 118 valence electrons. The van der Waals surface area contributed by atoms with Crippen LogP contribution >= 0.6 is 23.1 Å². The van der Waals surface area contributed by atoms with Gasteiger partial charge in [-0.05, 0) is 49.8 Å². The summed E-state index contributed by atoms with van der Waals surface area (Å²) in [5, 5.41) is 11.1. The van der Waals surface area contributed by atoms with Gasteiger partial charge in [0.2, 0.25) is 5.13 Å². The van der Waals surface area contributed by atoms with E-state index in [0.29, 0.717) is 17.3 Å². The molecule has 2 aromatic rings. The smallest absolute Gasteiger partial charge is 0.267 e. The van der Waals surface area contributed by atoms with Crippen LogP contribution in [0.2, 0.25) is 0 Å². The maximum atomic E-state index is 12.3. The van der Waals surface area contributed by atoms with Gasteiger partial charge in [0.15, 0.2) is 10.4 Å². The number of rotatable bonds is 6. The van der Waals surface area contributed by atoms with E-state index in [9.17, 15) is 4.79 Å². The van der Waals surface area contributed by atoms with Gasteiger partial charge in [0.25, 0.3) is 5.91 Å². The van der Waals surface area contributed by atoms with Crippen molar-refractivity contribution in [1.29, 1.82) is 0 Å². The van der Waals surface area contributed by atoms with Crippen LogP contribution in [0.1, 0.15) is 24.5 Å². The minimum Gasteiger partial charge on any atom is -0.481 e. The van der Waals surface area contributed by atoms with Gasteiger partial charge in [0.1, 0.15) is 5.75 Å². The third kappa shape index (κ3) is 4.20. The fourth-order valence-electron chi connectivity index (χ4n) is 1.80. The third-order valence-electron chi connectivity index (χ3n) is 3.23. The van der Waals surface area contributed by atoms with Crippen molar-refractivity contribution in [3.8, 4) is 5.75 Å². The zero-order chi connectivity index (χ0) is 16.1. The first-order valence-corrected chi connectivity index (χ1v) is 9.00. The summed E-state index contributed by atoms with van der Waals surface area (Å²) in [7, 11) is 0. The molecule has 5 nitrogen and oxygen atoms in total. The molecular formula is C15H19N3O2S2. The number of nitrogens with one attached hydrogen (secondary N) is 1. The number of hydrogen-bond acceptors (Lipinski definition) is 6. The van der Waals surface area contributed by atoms with Crippen LogP contribution in [0.4, 0.5) is 5.13 Å². The molecule has 1 N–H and O–H groups in total. The molecule has 1 heterocycles. The van der Waals surface area contributed by atoms with E-state index in [2.05, 4.69) is 15.5 Å². The van der Waals surface area contributed by atoms with E-state index in [1.165, 1.54) is 28.7 Å². The highest BCUT2D eigenvalue weighted by Gasteiger charge is 2.20. The zero-order valence-electron chi connectivity index (χ0n) is 13.0. The molecule has 0 aliphatic rings. The van der Waals surface area contributed by atoms with Crippen molar-refractivity contribution >= 4 is 34.1 Å². The first-order chi connectivity index (χ1) is 10.5. The molecule has 0 fully saturated rings. The lowest BCUT2D eigenvalue weighted by Gasteiger charge is -2.17. The third-order valence-corrected chi connectivity index (χ3v) is 5.05. The predicted octanol–water partition coefficient (Wildman–Crippen LogP) is 3.67. The highest BCUT2D eigenvalue weighted by atomic mass is 32.2. The number of carbonyl (C=O) groups excluding carboxylic acids is 1. The number of aromatic nitrogens is 2. The highest BCUT2D eigenvalue weighted by Crippen LogP contribution is 2.24. The molecule has 0 bridgehead atoms. The molecule has 2 rings (SSSR count). The Labute approximate surface area is 138 Å². The maximum Gasteiger partial charge on any atom is 0.267 e. The molecule has 0 radical (unpaired) electrons. The lowest BCUT2D eigenvalue weighted by molar-refractivity contribution is -0.122. The summed E-state index contributed by atoms with van der Waals surface area (Å²) in [5.41, 5.74) is 2.34. The first-order valence-electron chi connectivity index (χ1n) is 6.95. The van der Waals surface area contributed by atoms with Crippen molar-refractivity contribution in [2.75, 3.05) is 11.6 Å². The highest BCUT2D eigenvalue weighted by molar-refractivity contribution is 8.00. The number of hydrogen-bond donors (Lipinski definition) is 1. The van der Waals surface area contributed by atoms with Gasteiger partial charge < -0.3 is 4.74 Å². The Morgan fingerprint density at radius 3 is 2.73 bits per heavy atom. The van der Waals surface area contributed by atoms with E-state index in [-0.39, 0.29) is 5.91 Å². The Bertz CT molecular complexity index is 658. The van der Waals surface area contributed by atoms with Crippen LogP contribution in [0, 0.1) is 13.8 Å². The minimum atomic E-state index is -0.552. The van der Waals surface area contributed by atoms with Crippen molar-refractivity contribution < 1.29 is 9.53 Å². The number of thioether (sulfide) groups is 1. The second kappa shape index (κ2) is 7.60. The molecule has 1 atom stereocenters. The summed E-state index contributed by atoms with van der Waals surface area (Å²) < 4.78 is 6.62. The second-order valence-corrected chi connectivity index (χ2v) is 6.86. The molecule has 7 heteroatoms. The summed E-state index contributed by atoms with van der Waals surface area (Å²) in [6.07, 6.45) is 1.94. The van der Waals surface area contributed by atoms with Crippen LogP contribution in [0.5, 0.6) is 5.75 Å². The largest absolute Gasteiger partial charge is 0.481 e. The standard InChI is InChI=1S/C15H19N3O2S2/c1-5-12(20-11-7-6-9(2)10(3)8-11)13(19)16-14-17-18-15(21-4)22-14/h6-8,12H,5H2,1-4H3,(H,16,17,19)/t12-/m0/s1. The van der Waals surface area contributed by atoms with E-state index >= 15 is 0 Å². The van der Waals surface area contributed by atoms with Crippen molar-refractivity contribution in [3.05, 3.63) is 29.3 Å². The number of nitrogens with zero attached hydrogens (tertiary/aromatic N) is 2. The Morgan fingerprint density at radius 2 is 2.14 bits per heavy atom. The Morgan fingerprint density at radius 1 is 1.36 bits per heavy atom. The minimum absolute atomic E-state index is 0.204. The van der Waals surface area contributed by atoms with Crippen molar-refractivity contribution in [2.24, 2.45) is 0 Å². The summed E-state index contributed by atoms with van der Waals surface area (Å²) in [6.45, 7) is 5.98. The van der Waals surface area contributed by atoms with Crippen LogP contribution in [-0.2, 0) is 4.79 Å². The summed E-state index contributed by atoms with van der Waals surface area (Å²) >= 11 is 2.85. The molecule has 0 unspecified atom stereocenters. The van der Waals surface area contributed by atoms with E-state index in [0.717, 1.165) is 9.90 Å². The van der Waals surface area contributed by atoms with Gasteiger partial charge in [-0.25, -0.2) is 0 Å².